The van der Waals surface area contributed by atoms with E-state index in [0.29, 0.717) is 6.54 Å². The van der Waals surface area contributed by atoms with Gasteiger partial charge in [0, 0.05) is 18.3 Å². The summed E-state index contributed by atoms with van der Waals surface area (Å²) in [6.07, 6.45) is 3.70. The van der Waals surface area contributed by atoms with E-state index in [1.807, 2.05) is 25.1 Å². The summed E-state index contributed by atoms with van der Waals surface area (Å²) in [7, 11) is 0. The minimum atomic E-state index is 0.0477. The van der Waals surface area contributed by atoms with Gasteiger partial charge in [-0.25, -0.2) is 0 Å². The highest BCUT2D eigenvalue weighted by Crippen LogP contribution is 2.06. The van der Waals surface area contributed by atoms with E-state index in [1.54, 1.807) is 6.20 Å². The standard InChI is InChI=1S/C14H23N3O/c1-4-12(5-2)17-14(18)10-16-11(3)13-8-6-7-9-15-13/h6-9,11-12,16H,4-5,10H2,1-3H3,(H,17,18). The molecule has 100 valence electrons. The third kappa shape index (κ3) is 4.84. The molecule has 2 N–H and O–H groups in total. The minimum absolute atomic E-state index is 0.0477. The van der Waals surface area contributed by atoms with Gasteiger partial charge in [0.25, 0.3) is 0 Å². The van der Waals surface area contributed by atoms with Crippen molar-refractivity contribution >= 4 is 5.91 Å². The number of nitrogens with one attached hydrogen (secondary N) is 2. The number of amides is 1. The third-order valence-corrected chi connectivity index (χ3v) is 3.05. The molecular formula is C14H23N3O. The summed E-state index contributed by atoms with van der Waals surface area (Å²) in [6, 6.07) is 6.15. The van der Waals surface area contributed by atoms with E-state index in [1.165, 1.54) is 0 Å². The topological polar surface area (TPSA) is 54.0 Å². The first kappa shape index (κ1) is 14.6. The smallest absolute Gasteiger partial charge is 0.234 e. The Morgan fingerprint density at radius 2 is 2.06 bits per heavy atom. The molecule has 0 spiro atoms. The molecule has 1 rings (SSSR count). The van der Waals surface area contributed by atoms with E-state index in [-0.39, 0.29) is 18.0 Å². The molecule has 1 unspecified atom stereocenters. The number of hydrogen-bond acceptors (Lipinski definition) is 3. The molecule has 1 aromatic rings. The molecule has 0 aliphatic rings. The number of rotatable bonds is 7. The second kappa shape index (κ2) is 7.82. The van der Waals surface area contributed by atoms with Crippen molar-refractivity contribution in [1.29, 1.82) is 0 Å². The number of hydrogen-bond donors (Lipinski definition) is 2. The molecule has 0 aromatic carbocycles. The summed E-state index contributed by atoms with van der Waals surface area (Å²) in [5.41, 5.74) is 0.952. The minimum Gasteiger partial charge on any atom is -0.352 e. The second-order valence-electron chi connectivity index (χ2n) is 4.44. The van der Waals surface area contributed by atoms with Gasteiger partial charge >= 0.3 is 0 Å². The Kier molecular flexibility index (Phi) is 6.36. The van der Waals surface area contributed by atoms with Crippen molar-refractivity contribution in [2.45, 2.75) is 45.7 Å². The fourth-order valence-corrected chi connectivity index (χ4v) is 1.75. The number of carbonyl (C=O) groups is 1. The average molecular weight is 249 g/mol. The summed E-state index contributed by atoms with van der Waals surface area (Å²) in [5, 5.41) is 6.18. The van der Waals surface area contributed by atoms with Crippen molar-refractivity contribution in [1.82, 2.24) is 15.6 Å². The van der Waals surface area contributed by atoms with Gasteiger partial charge in [-0.15, -0.1) is 0 Å². The molecule has 0 fully saturated rings. The Hall–Kier alpha value is -1.42. The molecule has 0 radical (unpaired) electrons. The average Bonchev–Trinajstić information content (AvgIpc) is 2.43. The Morgan fingerprint density at radius 3 is 2.61 bits per heavy atom. The van der Waals surface area contributed by atoms with E-state index in [4.69, 9.17) is 0 Å². The third-order valence-electron chi connectivity index (χ3n) is 3.05. The zero-order valence-electron chi connectivity index (χ0n) is 11.4. The van der Waals surface area contributed by atoms with Gasteiger partial charge < -0.3 is 10.6 Å². The van der Waals surface area contributed by atoms with Crippen LogP contribution < -0.4 is 10.6 Å². The van der Waals surface area contributed by atoms with Crippen LogP contribution >= 0.6 is 0 Å². The van der Waals surface area contributed by atoms with Crippen LogP contribution in [0.15, 0.2) is 24.4 Å². The number of pyridine rings is 1. The lowest BCUT2D eigenvalue weighted by Crippen LogP contribution is -2.40. The van der Waals surface area contributed by atoms with Crippen LogP contribution in [0.3, 0.4) is 0 Å². The van der Waals surface area contributed by atoms with Crippen molar-refractivity contribution in [2.75, 3.05) is 6.54 Å². The van der Waals surface area contributed by atoms with Crippen LogP contribution in [0.1, 0.15) is 45.3 Å². The molecule has 1 atom stereocenters. The van der Waals surface area contributed by atoms with E-state index in [0.717, 1.165) is 18.5 Å². The van der Waals surface area contributed by atoms with Gasteiger partial charge in [-0.05, 0) is 31.9 Å². The largest absolute Gasteiger partial charge is 0.352 e. The normalized spacial score (nSPS) is 12.4. The van der Waals surface area contributed by atoms with Crippen molar-refractivity contribution in [3.63, 3.8) is 0 Å². The molecule has 1 aromatic heterocycles. The van der Waals surface area contributed by atoms with Crippen LogP contribution in [0, 0.1) is 0 Å². The van der Waals surface area contributed by atoms with Crippen LogP contribution in [0.25, 0.3) is 0 Å². The molecule has 0 saturated carbocycles. The molecule has 4 heteroatoms. The van der Waals surface area contributed by atoms with Crippen molar-refractivity contribution in [3.05, 3.63) is 30.1 Å². The lowest BCUT2D eigenvalue weighted by atomic mass is 10.2. The van der Waals surface area contributed by atoms with E-state index >= 15 is 0 Å². The quantitative estimate of drug-likeness (QED) is 0.777. The predicted molar refractivity (Wildman–Crippen MR) is 73.2 cm³/mol. The maximum atomic E-state index is 11.7. The fourth-order valence-electron chi connectivity index (χ4n) is 1.75. The molecule has 0 bridgehead atoms. The first-order valence-corrected chi connectivity index (χ1v) is 6.61. The molecule has 1 heterocycles. The van der Waals surface area contributed by atoms with E-state index in [9.17, 15) is 4.79 Å². The van der Waals surface area contributed by atoms with Crippen molar-refractivity contribution < 1.29 is 4.79 Å². The molecule has 0 aliphatic carbocycles. The Morgan fingerprint density at radius 1 is 1.33 bits per heavy atom. The Balaban J connectivity index is 2.34. The predicted octanol–water partition coefficient (Wildman–Crippen LogP) is 2.04. The van der Waals surface area contributed by atoms with E-state index in [2.05, 4.69) is 29.5 Å². The SMILES string of the molecule is CCC(CC)NC(=O)CNC(C)c1ccccn1. The molecule has 0 aliphatic heterocycles. The van der Waals surface area contributed by atoms with Gasteiger partial charge in [-0.1, -0.05) is 19.9 Å². The van der Waals surface area contributed by atoms with Crippen molar-refractivity contribution in [3.8, 4) is 0 Å². The maximum absolute atomic E-state index is 11.7. The van der Waals surface area contributed by atoms with Crippen LogP contribution in [0.2, 0.25) is 0 Å². The summed E-state index contributed by atoms with van der Waals surface area (Å²) < 4.78 is 0. The highest BCUT2D eigenvalue weighted by atomic mass is 16.1. The zero-order chi connectivity index (χ0) is 13.4. The van der Waals surface area contributed by atoms with Gasteiger partial charge in [0.1, 0.15) is 0 Å². The van der Waals surface area contributed by atoms with Crippen LogP contribution in [0.4, 0.5) is 0 Å². The molecule has 1 amide bonds. The lowest BCUT2D eigenvalue weighted by Gasteiger charge is -2.17. The maximum Gasteiger partial charge on any atom is 0.234 e. The Labute approximate surface area is 109 Å². The fraction of sp³-hybridized carbons (Fsp3) is 0.571. The summed E-state index contributed by atoms with van der Waals surface area (Å²) >= 11 is 0. The zero-order valence-corrected chi connectivity index (χ0v) is 11.4. The second-order valence-corrected chi connectivity index (χ2v) is 4.44. The molecule has 18 heavy (non-hydrogen) atoms. The monoisotopic (exact) mass is 249 g/mol. The van der Waals surface area contributed by atoms with Gasteiger partial charge in [-0.2, -0.15) is 0 Å². The van der Waals surface area contributed by atoms with Crippen LogP contribution in [-0.4, -0.2) is 23.5 Å². The van der Waals surface area contributed by atoms with Crippen LogP contribution in [0.5, 0.6) is 0 Å². The molecule has 4 nitrogen and oxygen atoms in total. The molecule has 0 saturated heterocycles. The van der Waals surface area contributed by atoms with Gasteiger partial charge in [-0.3, -0.25) is 9.78 Å². The number of carbonyl (C=O) groups excluding carboxylic acids is 1. The van der Waals surface area contributed by atoms with Crippen LogP contribution in [-0.2, 0) is 4.79 Å². The lowest BCUT2D eigenvalue weighted by molar-refractivity contribution is -0.121. The van der Waals surface area contributed by atoms with Gasteiger partial charge in [0.15, 0.2) is 0 Å². The number of aromatic nitrogens is 1. The van der Waals surface area contributed by atoms with E-state index < -0.39 is 0 Å². The van der Waals surface area contributed by atoms with Gasteiger partial charge in [0.2, 0.25) is 5.91 Å². The molecular weight excluding hydrogens is 226 g/mol. The highest BCUT2D eigenvalue weighted by molar-refractivity contribution is 5.78. The van der Waals surface area contributed by atoms with Gasteiger partial charge in [0.05, 0.1) is 12.2 Å². The summed E-state index contributed by atoms with van der Waals surface area (Å²) in [6.45, 7) is 6.50. The summed E-state index contributed by atoms with van der Waals surface area (Å²) in [4.78, 5) is 16.0. The highest BCUT2D eigenvalue weighted by Gasteiger charge is 2.10. The van der Waals surface area contributed by atoms with Crippen molar-refractivity contribution in [2.24, 2.45) is 0 Å². The summed E-state index contributed by atoms with van der Waals surface area (Å²) in [5.74, 6) is 0.0477. The first-order chi connectivity index (χ1) is 8.67. The Bertz CT molecular complexity index is 349. The first-order valence-electron chi connectivity index (χ1n) is 6.61. The number of nitrogens with zero attached hydrogens (tertiary/aromatic N) is 1.